The first-order valence-corrected chi connectivity index (χ1v) is 16.1. The number of nitrogens with zero attached hydrogens (tertiary/aromatic N) is 1. The van der Waals surface area contributed by atoms with Gasteiger partial charge in [0.1, 0.15) is 17.5 Å². The van der Waals surface area contributed by atoms with E-state index in [9.17, 15) is 14.2 Å². The summed E-state index contributed by atoms with van der Waals surface area (Å²) in [6.07, 6.45) is 2.02. The van der Waals surface area contributed by atoms with Gasteiger partial charge in [-0.3, -0.25) is 20.7 Å². The van der Waals surface area contributed by atoms with Crippen molar-refractivity contribution in [2.24, 2.45) is 5.73 Å². The molecular formula is C34H36ClN4O5P. The van der Waals surface area contributed by atoms with Gasteiger partial charge in [-0.05, 0) is 66.8 Å². The zero-order valence-electron chi connectivity index (χ0n) is 24.6. The fourth-order valence-corrected chi connectivity index (χ4v) is 7.09. The van der Waals surface area contributed by atoms with Gasteiger partial charge in [0.05, 0.1) is 5.56 Å². The van der Waals surface area contributed by atoms with Gasteiger partial charge < -0.3 is 31.7 Å². The highest BCUT2D eigenvalue weighted by Gasteiger charge is 2.44. The lowest BCUT2D eigenvalue weighted by atomic mass is 10.1. The van der Waals surface area contributed by atoms with Crippen LogP contribution in [0.5, 0.6) is 11.5 Å². The van der Waals surface area contributed by atoms with E-state index in [-0.39, 0.29) is 30.6 Å². The molecule has 1 saturated heterocycles. The second kappa shape index (κ2) is 15.4. The number of hydrogen-bond donors (Lipinski definition) is 3. The summed E-state index contributed by atoms with van der Waals surface area (Å²) >= 11 is 0. The van der Waals surface area contributed by atoms with Gasteiger partial charge in [-0.25, -0.2) is 4.57 Å². The predicted molar refractivity (Wildman–Crippen MR) is 169 cm³/mol. The van der Waals surface area contributed by atoms with Gasteiger partial charge in [0.25, 0.3) is 5.84 Å². The Balaban J connectivity index is 0.00000461. The van der Waals surface area contributed by atoms with Crippen molar-refractivity contribution in [2.45, 2.75) is 37.5 Å². The van der Waals surface area contributed by atoms with Gasteiger partial charge in [0.15, 0.2) is 5.78 Å². The molecule has 0 aromatic heterocycles. The van der Waals surface area contributed by atoms with E-state index >= 15 is 0 Å². The molecule has 5 N–H and O–H groups in total. The second-order valence-electron chi connectivity index (χ2n) is 10.6. The maximum absolute atomic E-state index is 14.9. The van der Waals surface area contributed by atoms with Gasteiger partial charge in [-0.1, -0.05) is 78.9 Å². The van der Waals surface area contributed by atoms with E-state index in [4.69, 9.17) is 20.2 Å². The van der Waals surface area contributed by atoms with Crippen LogP contribution in [0.2, 0.25) is 0 Å². The van der Waals surface area contributed by atoms with E-state index in [1.807, 2.05) is 42.5 Å². The van der Waals surface area contributed by atoms with Gasteiger partial charge in [0.2, 0.25) is 11.8 Å². The molecule has 1 unspecified atom stereocenters. The van der Waals surface area contributed by atoms with Gasteiger partial charge in [0, 0.05) is 13.0 Å². The van der Waals surface area contributed by atoms with Crippen molar-refractivity contribution in [3.05, 3.63) is 132 Å². The fraction of sp³-hybridized carbons (Fsp3) is 0.206. The van der Waals surface area contributed by atoms with E-state index in [1.165, 1.54) is 0 Å². The minimum atomic E-state index is -4.23. The molecule has 0 saturated carbocycles. The van der Waals surface area contributed by atoms with E-state index in [0.29, 0.717) is 48.4 Å². The lowest BCUT2D eigenvalue weighted by Crippen LogP contribution is -3.00. The molecule has 2 atom stereocenters. The van der Waals surface area contributed by atoms with E-state index in [2.05, 4.69) is 5.32 Å². The summed E-state index contributed by atoms with van der Waals surface area (Å²) in [5.41, 5.74) is 7.87. The molecule has 4 aromatic carbocycles. The number of carbonyl (C=O) groups excluding carboxylic acids is 2. The molecule has 234 valence electrons. The Labute approximate surface area is 269 Å². The standard InChI is InChI=1S/C34H35N4O5P.ClH/c35-32(36)26-19-21-27(22-20-26)34(44(41,42-28-13-6-2-7-14-28)43-29-15-8-3-9-16-29)37-33(40)30-17-10-24-38(30)31(39)23-18-25-11-4-1-5-12-25;/h1-9,11-16,19-22,30,34H,10,17-18,23-24H2,(H3,35,36)(H,37,40);1H/t30-,34?;/m0./s1. The summed E-state index contributed by atoms with van der Waals surface area (Å²) in [5.74, 6) is -1.04. The number of para-hydroxylation sites is 2. The number of likely N-dealkylation sites (tertiary alicyclic amines) is 1. The van der Waals surface area contributed by atoms with Crippen LogP contribution in [0.15, 0.2) is 115 Å². The number of amides is 2. The predicted octanol–water partition coefficient (Wildman–Crippen LogP) is 1.24. The molecule has 45 heavy (non-hydrogen) atoms. The molecule has 0 spiro atoms. The van der Waals surface area contributed by atoms with Crippen molar-refractivity contribution in [1.29, 1.82) is 0 Å². The van der Waals surface area contributed by atoms with Crippen LogP contribution in [-0.2, 0) is 20.6 Å². The molecule has 1 fully saturated rings. The monoisotopic (exact) mass is 646 g/mol. The molecule has 4 aromatic rings. The molecule has 1 aliphatic rings. The lowest BCUT2D eigenvalue weighted by Gasteiger charge is -2.31. The minimum absolute atomic E-state index is 0. The quantitative estimate of drug-likeness (QED) is 0.120. The molecule has 2 amide bonds. The summed E-state index contributed by atoms with van der Waals surface area (Å²) in [6, 6.07) is 33.0. The molecule has 0 radical (unpaired) electrons. The highest BCUT2D eigenvalue weighted by Crippen LogP contribution is 2.59. The van der Waals surface area contributed by atoms with Crippen molar-refractivity contribution < 1.29 is 41.0 Å². The number of aryl methyl sites for hydroxylation is 1. The topological polar surface area (TPSA) is 137 Å². The Morgan fingerprint density at radius 1 is 0.867 bits per heavy atom. The number of halogens is 1. The Morgan fingerprint density at radius 2 is 1.40 bits per heavy atom. The molecule has 1 heterocycles. The Kier molecular flexibility index (Phi) is 11.4. The van der Waals surface area contributed by atoms with Crippen LogP contribution in [0.3, 0.4) is 0 Å². The van der Waals surface area contributed by atoms with E-state index < -0.39 is 25.3 Å². The first kappa shape index (κ1) is 33.3. The third-order valence-corrected chi connectivity index (χ3v) is 9.44. The van der Waals surface area contributed by atoms with Crippen LogP contribution >= 0.6 is 7.60 Å². The zero-order chi connectivity index (χ0) is 30.9. The number of carbonyl (C=O) groups is 2. The van der Waals surface area contributed by atoms with Crippen LogP contribution in [-0.4, -0.2) is 35.1 Å². The number of benzene rings is 4. The molecule has 5 rings (SSSR count). The number of nitrogens with two attached hydrogens (primary N) is 2. The molecule has 9 nitrogen and oxygen atoms in total. The summed E-state index contributed by atoms with van der Waals surface area (Å²) in [5, 5.41) is 8.73. The van der Waals surface area contributed by atoms with Crippen molar-refractivity contribution in [1.82, 2.24) is 10.2 Å². The average molecular weight is 647 g/mol. The van der Waals surface area contributed by atoms with E-state index in [0.717, 1.165) is 5.56 Å². The second-order valence-corrected chi connectivity index (χ2v) is 12.5. The van der Waals surface area contributed by atoms with Gasteiger partial charge >= 0.3 is 7.60 Å². The van der Waals surface area contributed by atoms with Crippen molar-refractivity contribution in [3.63, 3.8) is 0 Å². The number of hydrogen-bond acceptors (Lipinski definition) is 5. The van der Waals surface area contributed by atoms with Crippen molar-refractivity contribution >= 4 is 25.2 Å². The van der Waals surface area contributed by atoms with Crippen molar-refractivity contribution in [2.75, 3.05) is 6.54 Å². The summed E-state index contributed by atoms with van der Waals surface area (Å²) < 4.78 is 27.1. The number of amidine groups is 1. The summed E-state index contributed by atoms with van der Waals surface area (Å²) in [7, 11) is -4.23. The summed E-state index contributed by atoms with van der Waals surface area (Å²) in [4.78, 5) is 28.9. The van der Waals surface area contributed by atoms with Gasteiger partial charge in [-0.15, -0.1) is 0 Å². The largest absolute Gasteiger partial charge is 1.00 e. The Hall–Kier alpha value is -4.59. The molecule has 0 bridgehead atoms. The molecule has 1 aliphatic heterocycles. The van der Waals surface area contributed by atoms with Crippen LogP contribution < -0.4 is 37.9 Å². The van der Waals surface area contributed by atoms with Gasteiger partial charge in [-0.2, -0.15) is 0 Å². The van der Waals surface area contributed by atoms with Crippen LogP contribution in [0.4, 0.5) is 0 Å². The SMILES string of the molecule is NC(=[NH2+])c1ccc(C(NC(=O)[C@@H]2CCCN2C(=O)CCc2ccccc2)P(=O)(Oc2ccccc2)Oc2ccccc2)cc1.[Cl-]. The Morgan fingerprint density at radius 3 is 1.93 bits per heavy atom. The average Bonchev–Trinajstić information content (AvgIpc) is 3.54. The first-order valence-electron chi connectivity index (χ1n) is 14.5. The molecule has 11 heteroatoms. The smallest absolute Gasteiger partial charge is 0.457 e. The number of rotatable bonds is 12. The fourth-order valence-electron chi connectivity index (χ4n) is 5.19. The highest BCUT2D eigenvalue weighted by molar-refractivity contribution is 7.55. The third-order valence-electron chi connectivity index (χ3n) is 7.45. The van der Waals surface area contributed by atoms with Crippen LogP contribution in [0, 0.1) is 0 Å². The molecule has 0 aliphatic carbocycles. The minimum Gasteiger partial charge on any atom is -1.00 e. The van der Waals surface area contributed by atoms with Crippen LogP contribution in [0.1, 0.15) is 41.7 Å². The normalized spacial score (nSPS) is 14.9. The zero-order valence-corrected chi connectivity index (χ0v) is 26.3. The van der Waals surface area contributed by atoms with Crippen LogP contribution in [0.25, 0.3) is 0 Å². The highest BCUT2D eigenvalue weighted by atomic mass is 35.5. The summed E-state index contributed by atoms with van der Waals surface area (Å²) in [6.45, 7) is 0.468. The van der Waals surface area contributed by atoms with Crippen molar-refractivity contribution in [3.8, 4) is 11.5 Å². The first-order chi connectivity index (χ1) is 21.3. The maximum Gasteiger partial charge on any atom is 0.457 e. The maximum atomic E-state index is 14.9. The lowest BCUT2D eigenvalue weighted by molar-refractivity contribution is -0.138. The van der Waals surface area contributed by atoms with E-state index in [1.54, 1.807) is 77.7 Å². The third kappa shape index (κ3) is 8.53. The Bertz CT molecular complexity index is 1580. The number of nitrogens with one attached hydrogen (secondary N) is 1. The molecular weight excluding hydrogens is 611 g/mol.